The summed E-state index contributed by atoms with van der Waals surface area (Å²) in [6, 6.07) is 26.4. The SMILES string of the molecule is C=CCCc1ccc(-c2ccc3c(F)c(C#Cc4ccc(CCC)cc4)ccc3c2)cc1. The van der Waals surface area contributed by atoms with Gasteiger partial charge >= 0.3 is 0 Å². The predicted octanol–water partition coefficient (Wildman–Crippen LogP) is 8.12. The molecule has 0 aromatic heterocycles. The van der Waals surface area contributed by atoms with Crippen LogP contribution in [0.4, 0.5) is 4.39 Å². The molecule has 0 unspecified atom stereocenters. The Bertz CT molecular complexity index is 1280. The molecule has 0 fully saturated rings. The number of allylic oxidation sites excluding steroid dienone is 1. The third kappa shape index (κ3) is 4.98. The van der Waals surface area contributed by atoms with Crippen LogP contribution in [-0.4, -0.2) is 0 Å². The number of hydrogen-bond donors (Lipinski definition) is 0. The van der Waals surface area contributed by atoms with Crippen molar-refractivity contribution in [1.29, 1.82) is 0 Å². The largest absolute Gasteiger partial charge is 0.205 e. The Morgan fingerprint density at radius 2 is 1.47 bits per heavy atom. The Labute approximate surface area is 190 Å². The average molecular weight is 419 g/mol. The second-order valence-corrected chi connectivity index (χ2v) is 8.08. The van der Waals surface area contributed by atoms with Crippen molar-refractivity contribution in [3.05, 3.63) is 120 Å². The molecule has 0 spiro atoms. The van der Waals surface area contributed by atoms with Gasteiger partial charge in [0.05, 0.1) is 5.56 Å². The van der Waals surface area contributed by atoms with Gasteiger partial charge in [0.1, 0.15) is 5.82 Å². The van der Waals surface area contributed by atoms with Crippen molar-refractivity contribution >= 4 is 10.8 Å². The smallest absolute Gasteiger partial charge is 0.146 e. The Hall–Kier alpha value is -3.63. The molecule has 0 heterocycles. The number of benzene rings is 4. The van der Waals surface area contributed by atoms with Crippen molar-refractivity contribution in [3.8, 4) is 23.0 Å². The second-order valence-electron chi connectivity index (χ2n) is 8.08. The van der Waals surface area contributed by atoms with Gasteiger partial charge in [0, 0.05) is 10.9 Å². The first-order valence-electron chi connectivity index (χ1n) is 11.2. The van der Waals surface area contributed by atoms with E-state index in [1.54, 1.807) is 6.07 Å². The summed E-state index contributed by atoms with van der Waals surface area (Å²) < 4.78 is 15.1. The Balaban J connectivity index is 1.58. The topological polar surface area (TPSA) is 0 Å². The molecule has 0 saturated heterocycles. The fraction of sp³-hybridized carbons (Fsp3) is 0.161. The van der Waals surface area contributed by atoms with Crippen molar-refractivity contribution in [2.24, 2.45) is 0 Å². The first-order valence-corrected chi connectivity index (χ1v) is 11.2. The minimum atomic E-state index is -0.260. The van der Waals surface area contributed by atoms with Crippen molar-refractivity contribution in [2.75, 3.05) is 0 Å². The van der Waals surface area contributed by atoms with E-state index in [2.05, 4.69) is 61.7 Å². The van der Waals surface area contributed by atoms with E-state index >= 15 is 4.39 Å². The molecule has 0 amide bonds. The maximum atomic E-state index is 15.1. The first kappa shape index (κ1) is 21.6. The van der Waals surface area contributed by atoms with E-state index in [1.165, 1.54) is 11.1 Å². The van der Waals surface area contributed by atoms with Crippen LogP contribution in [0.25, 0.3) is 21.9 Å². The molecule has 0 aliphatic rings. The molecule has 0 aliphatic heterocycles. The molecule has 1 heteroatoms. The third-order valence-electron chi connectivity index (χ3n) is 5.71. The minimum Gasteiger partial charge on any atom is -0.205 e. The van der Waals surface area contributed by atoms with Crippen LogP contribution in [0.5, 0.6) is 0 Å². The van der Waals surface area contributed by atoms with Crippen LogP contribution < -0.4 is 0 Å². The molecule has 32 heavy (non-hydrogen) atoms. The van der Waals surface area contributed by atoms with E-state index in [0.29, 0.717) is 10.9 Å². The van der Waals surface area contributed by atoms with Gasteiger partial charge in [-0.1, -0.05) is 85.9 Å². The maximum absolute atomic E-state index is 15.1. The van der Waals surface area contributed by atoms with Crippen LogP contribution in [0.15, 0.2) is 91.5 Å². The van der Waals surface area contributed by atoms with Crippen LogP contribution in [0.1, 0.15) is 42.0 Å². The molecule has 0 atom stereocenters. The number of rotatable bonds is 6. The highest BCUT2D eigenvalue weighted by Crippen LogP contribution is 2.28. The molecule has 0 saturated carbocycles. The lowest BCUT2D eigenvalue weighted by Crippen LogP contribution is -1.89. The number of hydrogen-bond acceptors (Lipinski definition) is 0. The highest BCUT2D eigenvalue weighted by atomic mass is 19.1. The van der Waals surface area contributed by atoms with E-state index < -0.39 is 0 Å². The van der Waals surface area contributed by atoms with E-state index in [4.69, 9.17) is 0 Å². The van der Waals surface area contributed by atoms with E-state index in [-0.39, 0.29) is 5.82 Å². The van der Waals surface area contributed by atoms with Crippen molar-refractivity contribution in [2.45, 2.75) is 32.6 Å². The van der Waals surface area contributed by atoms with Gasteiger partial charge in [0.15, 0.2) is 0 Å². The monoisotopic (exact) mass is 418 g/mol. The van der Waals surface area contributed by atoms with Crippen LogP contribution in [0.2, 0.25) is 0 Å². The second kappa shape index (κ2) is 10.1. The average Bonchev–Trinajstić information content (AvgIpc) is 2.83. The Morgan fingerprint density at radius 1 is 0.781 bits per heavy atom. The fourth-order valence-electron chi connectivity index (χ4n) is 3.88. The van der Waals surface area contributed by atoms with E-state index in [9.17, 15) is 0 Å². The van der Waals surface area contributed by atoms with Gasteiger partial charge in [-0.05, 0) is 71.2 Å². The normalized spacial score (nSPS) is 10.6. The Morgan fingerprint density at radius 3 is 2.19 bits per heavy atom. The van der Waals surface area contributed by atoms with Gasteiger partial charge in [-0.25, -0.2) is 4.39 Å². The summed E-state index contributed by atoms with van der Waals surface area (Å²) in [5, 5.41) is 1.48. The number of halogens is 1. The zero-order chi connectivity index (χ0) is 22.3. The molecule has 0 aliphatic carbocycles. The van der Waals surface area contributed by atoms with Gasteiger partial charge in [-0.15, -0.1) is 6.58 Å². The minimum absolute atomic E-state index is 0.260. The predicted molar refractivity (Wildman–Crippen MR) is 134 cm³/mol. The zero-order valence-corrected chi connectivity index (χ0v) is 18.5. The summed E-state index contributed by atoms with van der Waals surface area (Å²) in [5.74, 6) is 5.85. The summed E-state index contributed by atoms with van der Waals surface area (Å²) in [6.45, 7) is 5.95. The molecule has 0 bridgehead atoms. The number of fused-ring (bicyclic) bond motifs is 1. The van der Waals surface area contributed by atoms with Gasteiger partial charge in [-0.3, -0.25) is 0 Å². The quantitative estimate of drug-likeness (QED) is 0.219. The first-order chi connectivity index (χ1) is 15.7. The number of aryl methyl sites for hydroxylation is 2. The lowest BCUT2D eigenvalue weighted by molar-refractivity contribution is 0.636. The van der Waals surface area contributed by atoms with Crippen LogP contribution in [0.3, 0.4) is 0 Å². The lowest BCUT2D eigenvalue weighted by atomic mass is 9.98. The van der Waals surface area contributed by atoms with Gasteiger partial charge in [-0.2, -0.15) is 0 Å². The molecule has 0 radical (unpaired) electrons. The summed E-state index contributed by atoms with van der Waals surface area (Å²) in [7, 11) is 0. The van der Waals surface area contributed by atoms with Crippen LogP contribution in [-0.2, 0) is 12.8 Å². The van der Waals surface area contributed by atoms with Gasteiger partial charge in [0.25, 0.3) is 0 Å². The summed E-state index contributed by atoms with van der Waals surface area (Å²) >= 11 is 0. The van der Waals surface area contributed by atoms with Gasteiger partial charge < -0.3 is 0 Å². The van der Waals surface area contributed by atoms with E-state index in [1.807, 2.05) is 42.5 Å². The van der Waals surface area contributed by atoms with Crippen LogP contribution >= 0.6 is 0 Å². The summed E-state index contributed by atoms with van der Waals surface area (Å²) in [5.41, 5.74) is 6.13. The highest BCUT2D eigenvalue weighted by molar-refractivity contribution is 5.89. The van der Waals surface area contributed by atoms with Crippen molar-refractivity contribution in [3.63, 3.8) is 0 Å². The maximum Gasteiger partial charge on any atom is 0.146 e. The standard InChI is InChI=1S/C31H27F/c1-3-5-7-24-12-15-26(16-13-24)28-20-21-30-29(22-28)19-18-27(31(30)32)17-14-25-10-8-23(6-4-2)9-11-25/h3,8-13,15-16,18-22H,1,4-7H2,2H3. The molecule has 4 aromatic carbocycles. The molecule has 4 aromatic rings. The fourth-order valence-corrected chi connectivity index (χ4v) is 3.88. The molecule has 0 nitrogen and oxygen atoms in total. The van der Waals surface area contributed by atoms with Crippen molar-refractivity contribution in [1.82, 2.24) is 0 Å². The highest BCUT2D eigenvalue weighted by Gasteiger charge is 2.07. The van der Waals surface area contributed by atoms with Crippen LogP contribution in [0, 0.1) is 17.7 Å². The lowest BCUT2D eigenvalue weighted by Gasteiger charge is -2.07. The Kier molecular flexibility index (Phi) is 6.83. The third-order valence-corrected chi connectivity index (χ3v) is 5.71. The van der Waals surface area contributed by atoms with Gasteiger partial charge in [0.2, 0.25) is 0 Å². The molecular formula is C31H27F. The van der Waals surface area contributed by atoms with Crippen molar-refractivity contribution < 1.29 is 4.39 Å². The molecule has 0 N–H and O–H groups in total. The van der Waals surface area contributed by atoms with E-state index in [0.717, 1.165) is 47.8 Å². The summed E-state index contributed by atoms with van der Waals surface area (Å²) in [6.07, 6.45) is 6.10. The molecule has 158 valence electrons. The zero-order valence-electron chi connectivity index (χ0n) is 18.5. The molecule has 4 rings (SSSR count). The molecular weight excluding hydrogens is 391 g/mol. The summed E-state index contributed by atoms with van der Waals surface area (Å²) in [4.78, 5) is 0.